The summed E-state index contributed by atoms with van der Waals surface area (Å²) in [7, 11) is 0. The van der Waals surface area contributed by atoms with E-state index in [-0.39, 0.29) is 5.82 Å². The maximum Gasteiger partial charge on any atom is 0.141 e. The third-order valence-electron chi connectivity index (χ3n) is 3.14. The van der Waals surface area contributed by atoms with Crippen molar-refractivity contribution >= 4 is 11.0 Å². The second kappa shape index (κ2) is 4.48. The summed E-state index contributed by atoms with van der Waals surface area (Å²) in [6.45, 7) is 1.98. The number of nitrogens with two attached hydrogens (primary N) is 1. The Kier molecular flexibility index (Phi) is 2.80. The number of benzene rings is 1. The molecule has 0 spiro atoms. The Morgan fingerprint density at radius 3 is 2.79 bits per heavy atom. The van der Waals surface area contributed by atoms with Gasteiger partial charge in [0.15, 0.2) is 0 Å². The quantitative estimate of drug-likeness (QED) is 0.765. The van der Waals surface area contributed by atoms with E-state index in [1.54, 1.807) is 6.07 Å². The van der Waals surface area contributed by atoms with Gasteiger partial charge in [-0.25, -0.2) is 4.39 Å². The molecule has 0 radical (unpaired) electrons. The average Bonchev–Trinajstić information content (AvgIpc) is 2.84. The topological polar surface area (TPSA) is 52.0 Å². The molecule has 0 saturated heterocycles. The van der Waals surface area contributed by atoms with Gasteiger partial charge in [0.2, 0.25) is 0 Å². The Balaban J connectivity index is 2.04. The van der Waals surface area contributed by atoms with Crippen molar-refractivity contribution in [2.45, 2.75) is 13.0 Å². The molecule has 0 fully saturated rings. The average molecular weight is 256 g/mol. The van der Waals surface area contributed by atoms with Crippen LogP contribution in [0.4, 0.5) is 4.39 Å². The molecule has 96 valence electrons. The van der Waals surface area contributed by atoms with Crippen molar-refractivity contribution in [1.82, 2.24) is 4.98 Å². The van der Waals surface area contributed by atoms with Crippen molar-refractivity contribution in [3.05, 3.63) is 65.4 Å². The fourth-order valence-electron chi connectivity index (χ4n) is 2.10. The van der Waals surface area contributed by atoms with Crippen LogP contribution in [0.3, 0.4) is 0 Å². The summed E-state index contributed by atoms with van der Waals surface area (Å²) in [4.78, 5) is 3.99. The molecule has 2 heterocycles. The van der Waals surface area contributed by atoms with Crippen molar-refractivity contribution in [3.63, 3.8) is 0 Å². The van der Waals surface area contributed by atoms with Crippen molar-refractivity contribution in [2.75, 3.05) is 0 Å². The zero-order chi connectivity index (χ0) is 13.4. The van der Waals surface area contributed by atoms with Gasteiger partial charge >= 0.3 is 0 Å². The number of hydrogen-bond donors (Lipinski definition) is 1. The largest absolute Gasteiger partial charge is 0.459 e. The molecule has 3 rings (SSSR count). The van der Waals surface area contributed by atoms with Gasteiger partial charge in [-0.2, -0.15) is 0 Å². The van der Waals surface area contributed by atoms with Gasteiger partial charge in [-0.05, 0) is 30.7 Å². The zero-order valence-corrected chi connectivity index (χ0v) is 10.4. The maximum absolute atomic E-state index is 12.8. The van der Waals surface area contributed by atoms with Crippen LogP contribution in [-0.2, 0) is 0 Å². The molecule has 1 unspecified atom stereocenters. The van der Waals surface area contributed by atoms with Crippen LogP contribution < -0.4 is 5.73 Å². The van der Waals surface area contributed by atoms with Crippen LogP contribution in [0.2, 0.25) is 0 Å². The van der Waals surface area contributed by atoms with Gasteiger partial charge in [-0.3, -0.25) is 4.98 Å². The highest BCUT2D eigenvalue weighted by atomic mass is 19.1. The molecule has 0 saturated carbocycles. The summed E-state index contributed by atoms with van der Waals surface area (Å²) in [6.07, 6.45) is 1.16. The Morgan fingerprint density at radius 2 is 2.11 bits per heavy atom. The smallest absolute Gasteiger partial charge is 0.141 e. The molecule has 0 aliphatic carbocycles. The summed E-state index contributed by atoms with van der Waals surface area (Å²) < 4.78 is 18.6. The predicted octanol–water partition coefficient (Wildman–Crippen LogP) is 3.32. The van der Waals surface area contributed by atoms with E-state index >= 15 is 0 Å². The van der Waals surface area contributed by atoms with Crippen LogP contribution in [0.5, 0.6) is 0 Å². The van der Waals surface area contributed by atoms with Crippen LogP contribution >= 0.6 is 0 Å². The second-order valence-corrected chi connectivity index (χ2v) is 4.52. The third-order valence-corrected chi connectivity index (χ3v) is 3.14. The number of aryl methyl sites for hydroxylation is 1. The zero-order valence-electron chi connectivity index (χ0n) is 10.4. The van der Waals surface area contributed by atoms with Gasteiger partial charge < -0.3 is 10.2 Å². The van der Waals surface area contributed by atoms with E-state index in [9.17, 15) is 4.39 Å². The molecule has 0 bridgehead atoms. The van der Waals surface area contributed by atoms with Gasteiger partial charge in [0.05, 0.1) is 11.9 Å². The Bertz CT molecular complexity index is 719. The first-order valence-electron chi connectivity index (χ1n) is 6.01. The number of fused-ring (bicyclic) bond motifs is 1. The van der Waals surface area contributed by atoms with E-state index in [4.69, 9.17) is 10.2 Å². The number of nitrogens with zero attached hydrogens (tertiary/aromatic N) is 1. The molecule has 2 aromatic heterocycles. The Morgan fingerprint density at radius 1 is 1.26 bits per heavy atom. The standard InChI is InChI=1S/C15H13FN2O/c1-9-3-2-4-10-7-13(19-15(9)10)14(17)12-6-5-11(16)8-18-12/h2-8,14H,17H2,1H3. The minimum absolute atomic E-state index is 0.378. The van der Waals surface area contributed by atoms with E-state index in [1.807, 2.05) is 31.2 Å². The van der Waals surface area contributed by atoms with Crippen LogP contribution in [0.15, 0.2) is 47.0 Å². The number of rotatable bonds is 2. The fourth-order valence-corrected chi connectivity index (χ4v) is 2.10. The number of pyridine rings is 1. The van der Waals surface area contributed by atoms with Gasteiger partial charge in [-0.15, -0.1) is 0 Å². The number of aromatic nitrogens is 1. The minimum atomic E-state index is -0.493. The molecule has 0 aliphatic rings. The van der Waals surface area contributed by atoms with Gasteiger partial charge in [0.1, 0.15) is 23.2 Å². The van der Waals surface area contributed by atoms with E-state index < -0.39 is 6.04 Å². The van der Waals surface area contributed by atoms with E-state index in [1.165, 1.54) is 6.07 Å². The molecule has 4 heteroatoms. The SMILES string of the molecule is Cc1cccc2cc(C(N)c3ccc(F)cn3)oc12. The van der Waals surface area contributed by atoms with Crippen molar-refractivity contribution < 1.29 is 8.81 Å². The molecule has 0 amide bonds. The Hall–Kier alpha value is -2.20. The predicted molar refractivity (Wildman–Crippen MR) is 71.2 cm³/mol. The monoisotopic (exact) mass is 256 g/mol. The highest BCUT2D eigenvalue weighted by molar-refractivity contribution is 5.81. The van der Waals surface area contributed by atoms with E-state index in [0.29, 0.717) is 11.5 Å². The van der Waals surface area contributed by atoms with E-state index in [0.717, 1.165) is 22.7 Å². The van der Waals surface area contributed by atoms with Gasteiger partial charge in [-0.1, -0.05) is 18.2 Å². The summed E-state index contributed by atoms with van der Waals surface area (Å²) in [6, 6.07) is 10.2. The second-order valence-electron chi connectivity index (χ2n) is 4.52. The number of halogens is 1. The first-order valence-corrected chi connectivity index (χ1v) is 6.01. The number of para-hydroxylation sites is 1. The fraction of sp³-hybridized carbons (Fsp3) is 0.133. The lowest BCUT2D eigenvalue weighted by atomic mass is 10.1. The Labute approximate surface area is 109 Å². The van der Waals surface area contributed by atoms with Gasteiger partial charge in [0.25, 0.3) is 0 Å². The normalized spacial score (nSPS) is 12.8. The summed E-state index contributed by atoms with van der Waals surface area (Å²) in [5.74, 6) is 0.250. The third kappa shape index (κ3) is 2.11. The molecule has 1 aromatic carbocycles. The lowest BCUT2D eigenvalue weighted by molar-refractivity contribution is 0.517. The molecular formula is C15H13FN2O. The van der Waals surface area contributed by atoms with Gasteiger partial charge in [0, 0.05) is 5.39 Å². The first kappa shape index (κ1) is 11.9. The highest BCUT2D eigenvalue weighted by Gasteiger charge is 2.16. The maximum atomic E-state index is 12.8. The molecule has 3 nitrogen and oxygen atoms in total. The van der Waals surface area contributed by atoms with Crippen LogP contribution in [0.25, 0.3) is 11.0 Å². The van der Waals surface area contributed by atoms with Crippen molar-refractivity contribution in [3.8, 4) is 0 Å². The molecule has 3 aromatic rings. The lowest BCUT2D eigenvalue weighted by Crippen LogP contribution is -2.12. The number of furan rings is 1. The molecule has 19 heavy (non-hydrogen) atoms. The molecular weight excluding hydrogens is 243 g/mol. The summed E-state index contributed by atoms with van der Waals surface area (Å²) in [5.41, 5.74) is 8.57. The molecule has 1 atom stereocenters. The molecule has 0 aliphatic heterocycles. The highest BCUT2D eigenvalue weighted by Crippen LogP contribution is 2.27. The summed E-state index contributed by atoms with van der Waals surface area (Å²) in [5, 5.41) is 1.01. The van der Waals surface area contributed by atoms with Crippen LogP contribution in [0, 0.1) is 12.7 Å². The lowest BCUT2D eigenvalue weighted by Gasteiger charge is -2.07. The van der Waals surface area contributed by atoms with Crippen molar-refractivity contribution in [1.29, 1.82) is 0 Å². The minimum Gasteiger partial charge on any atom is -0.459 e. The molecule has 2 N–H and O–H groups in total. The number of hydrogen-bond acceptors (Lipinski definition) is 3. The van der Waals surface area contributed by atoms with E-state index in [2.05, 4.69) is 4.98 Å². The first-order chi connectivity index (χ1) is 9.15. The summed E-state index contributed by atoms with van der Waals surface area (Å²) >= 11 is 0. The van der Waals surface area contributed by atoms with Crippen molar-refractivity contribution in [2.24, 2.45) is 5.73 Å². The van der Waals surface area contributed by atoms with Crippen LogP contribution in [0.1, 0.15) is 23.1 Å². The van der Waals surface area contributed by atoms with Crippen LogP contribution in [-0.4, -0.2) is 4.98 Å².